The Kier molecular flexibility index (Phi) is 11.3. The fourth-order valence-corrected chi connectivity index (χ4v) is 4.66. The SMILES string of the molecule is CN=C(NCCN1CCN(c2ccc(F)cc2)CC1)NCC1(CCOC)CCCC1.I. The Morgan fingerprint density at radius 2 is 1.77 bits per heavy atom. The smallest absolute Gasteiger partial charge is 0.191 e. The second kappa shape index (κ2) is 13.4. The summed E-state index contributed by atoms with van der Waals surface area (Å²) in [5.41, 5.74) is 1.46. The fourth-order valence-electron chi connectivity index (χ4n) is 4.66. The van der Waals surface area contributed by atoms with Crippen molar-refractivity contribution in [3.05, 3.63) is 30.1 Å². The minimum atomic E-state index is -0.178. The van der Waals surface area contributed by atoms with Gasteiger partial charge in [0.2, 0.25) is 0 Å². The average molecular weight is 548 g/mol. The molecule has 6 nitrogen and oxygen atoms in total. The molecule has 0 unspecified atom stereocenters. The third-order valence-electron chi connectivity index (χ3n) is 6.64. The number of aliphatic imine (C=N–C) groups is 1. The molecule has 1 saturated heterocycles. The van der Waals surface area contributed by atoms with Gasteiger partial charge in [-0.1, -0.05) is 12.8 Å². The lowest BCUT2D eigenvalue weighted by Gasteiger charge is -2.36. The van der Waals surface area contributed by atoms with E-state index in [1.54, 1.807) is 7.11 Å². The highest BCUT2D eigenvalue weighted by Crippen LogP contribution is 2.40. The van der Waals surface area contributed by atoms with Crippen LogP contribution in [-0.2, 0) is 4.74 Å². The lowest BCUT2D eigenvalue weighted by atomic mass is 9.83. The third-order valence-corrected chi connectivity index (χ3v) is 6.64. The molecule has 0 spiro atoms. The summed E-state index contributed by atoms with van der Waals surface area (Å²) in [5, 5.41) is 7.03. The van der Waals surface area contributed by atoms with E-state index in [9.17, 15) is 4.39 Å². The molecule has 2 aliphatic rings. The number of nitrogens with one attached hydrogen (secondary N) is 2. The van der Waals surface area contributed by atoms with Crippen molar-refractivity contribution in [3.8, 4) is 0 Å². The van der Waals surface area contributed by atoms with E-state index in [-0.39, 0.29) is 29.8 Å². The molecular formula is C23H39FIN5O. The zero-order chi connectivity index (χ0) is 21.2. The quantitative estimate of drug-likeness (QED) is 0.282. The number of hydrogen-bond acceptors (Lipinski definition) is 4. The summed E-state index contributed by atoms with van der Waals surface area (Å²) in [4.78, 5) is 9.20. The summed E-state index contributed by atoms with van der Waals surface area (Å²) in [6.45, 7) is 7.65. The predicted octanol–water partition coefficient (Wildman–Crippen LogP) is 3.33. The van der Waals surface area contributed by atoms with Crippen LogP contribution in [-0.4, -0.2) is 77.4 Å². The molecule has 0 aromatic heterocycles. The number of hydrogen-bond donors (Lipinski definition) is 2. The summed E-state index contributed by atoms with van der Waals surface area (Å²) in [5.74, 6) is 0.714. The number of benzene rings is 1. The van der Waals surface area contributed by atoms with E-state index >= 15 is 0 Å². The van der Waals surface area contributed by atoms with Gasteiger partial charge in [0.05, 0.1) is 0 Å². The van der Waals surface area contributed by atoms with Crippen LogP contribution in [0, 0.1) is 11.2 Å². The van der Waals surface area contributed by atoms with Crippen LogP contribution < -0.4 is 15.5 Å². The van der Waals surface area contributed by atoms with Gasteiger partial charge in [-0.3, -0.25) is 9.89 Å². The molecule has 2 fully saturated rings. The summed E-state index contributed by atoms with van der Waals surface area (Å²) in [7, 11) is 3.63. The van der Waals surface area contributed by atoms with Crippen LogP contribution in [0.1, 0.15) is 32.1 Å². The van der Waals surface area contributed by atoms with Crippen LogP contribution >= 0.6 is 24.0 Å². The summed E-state index contributed by atoms with van der Waals surface area (Å²) in [6.07, 6.45) is 6.31. The van der Waals surface area contributed by atoms with Gasteiger partial charge < -0.3 is 20.3 Å². The number of rotatable bonds is 9. The van der Waals surface area contributed by atoms with Crippen LogP contribution in [0.15, 0.2) is 29.3 Å². The van der Waals surface area contributed by atoms with Crippen molar-refractivity contribution in [2.75, 3.05) is 71.5 Å². The maximum absolute atomic E-state index is 13.1. The first-order valence-electron chi connectivity index (χ1n) is 11.3. The molecule has 0 amide bonds. The lowest BCUT2D eigenvalue weighted by Crippen LogP contribution is -2.50. The molecule has 3 rings (SSSR count). The van der Waals surface area contributed by atoms with Crippen LogP contribution in [0.3, 0.4) is 0 Å². The highest BCUT2D eigenvalue weighted by Gasteiger charge is 2.33. The van der Waals surface area contributed by atoms with E-state index in [0.29, 0.717) is 5.41 Å². The molecule has 1 heterocycles. The maximum Gasteiger partial charge on any atom is 0.191 e. The Morgan fingerprint density at radius 1 is 1.10 bits per heavy atom. The van der Waals surface area contributed by atoms with Gasteiger partial charge in [-0.2, -0.15) is 0 Å². The number of piperazine rings is 1. The normalized spacial score (nSPS) is 19.2. The number of guanidine groups is 1. The first-order chi connectivity index (χ1) is 14.6. The van der Waals surface area contributed by atoms with Crippen molar-refractivity contribution >= 4 is 35.6 Å². The molecular weight excluding hydrogens is 508 g/mol. The molecule has 1 aliphatic heterocycles. The van der Waals surface area contributed by atoms with Crippen molar-refractivity contribution in [1.29, 1.82) is 0 Å². The van der Waals surface area contributed by atoms with Crippen LogP contribution in [0.25, 0.3) is 0 Å². The Bertz CT molecular complexity index is 658. The highest BCUT2D eigenvalue weighted by molar-refractivity contribution is 14.0. The average Bonchev–Trinajstić information content (AvgIpc) is 3.25. The predicted molar refractivity (Wildman–Crippen MR) is 137 cm³/mol. The van der Waals surface area contributed by atoms with Crippen molar-refractivity contribution in [1.82, 2.24) is 15.5 Å². The van der Waals surface area contributed by atoms with Crippen molar-refractivity contribution in [2.24, 2.45) is 10.4 Å². The molecule has 176 valence electrons. The first kappa shape index (κ1) is 26.1. The molecule has 1 aliphatic carbocycles. The van der Waals surface area contributed by atoms with E-state index in [1.807, 2.05) is 19.2 Å². The maximum atomic E-state index is 13.1. The van der Waals surface area contributed by atoms with Crippen LogP contribution in [0.4, 0.5) is 10.1 Å². The van der Waals surface area contributed by atoms with Gasteiger partial charge in [0.25, 0.3) is 0 Å². The van der Waals surface area contributed by atoms with Gasteiger partial charge >= 0.3 is 0 Å². The molecule has 8 heteroatoms. The van der Waals surface area contributed by atoms with Gasteiger partial charge in [-0.15, -0.1) is 24.0 Å². The summed E-state index contributed by atoms with van der Waals surface area (Å²) in [6, 6.07) is 6.81. The second-order valence-electron chi connectivity index (χ2n) is 8.61. The van der Waals surface area contributed by atoms with E-state index in [2.05, 4.69) is 25.4 Å². The van der Waals surface area contributed by atoms with Crippen LogP contribution in [0.5, 0.6) is 0 Å². The van der Waals surface area contributed by atoms with E-state index < -0.39 is 0 Å². The zero-order valence-corrected chi connectivity index (χ0v) is 21.4. The molecule has 0 bridgehead atoms. The highest BCUT2D eigenvalue weighted by atomic mass is 127. The number of methoxy groups -OCH3 is 1. The number of ether oxygens (including phenoxy) is 1. The minimum Gasteiger partial charge on any atom is -0.385 e. The Balaban J connectivity index is 0.00000341. The second-order valence-corrected chi connectivity index (χ2v) is 8.61. The number of halogens is 2. The first-order valence-corrected chi connectivity index (χ1v) is 11.3. The molecule has 0 atom stereocenters. The lowest BCUT2D eigenvalue weighted by molar-refractivity contribution is 0.138. The topological polar surface area (TPSA) is 52.1 Å². The van der Waals surface area contributed by atoms with E-state index in [1.165, 1.54) is 37.8 Å². The van der Waals surface area contributed by atoms with Gasteiger partial charge in [-0.05, 0) is 48.9 Å². The summed E-state index contributed by atoms with van der Waals surface area (Å²) < 4.78 is 18.4. The van der Waals surface area contributed by atoms with Gasteiger partial charge in [0.15, 0.2) is 5.96 Å². The van der Waals surface area contributed by atoms with Gasteiger partial charge in [0, 0.05) is 72.3 Å². The molecule has 31 heavy (non-hydrogen) atoms. The number of nitrogens with zero attached hydrogens (tertiary/aromatic N) is 3. The number of anilines is 1. The Labute approximate surface area is 204 Å². The Morgan fingerprint density at radius 3 is 2.39 bits per heavy atom. The third kappa shape index (κ3) is 8.05. The van der Waals surface area contributed by atoms with Gasteiger partial charge in [-0.25, -0.2) is 4.39 Å². The van der Waals surface area contributed by atoms with E-state index in [0.717, 1.165) is 70.5 Å². The standard InChI is InChI=1S/C23H38FN5O.HI/c1-25-22(27-19-23(11-18-30-2)9-3-4-10-23)26-12-13-28-14-16-29(17-15-28)21-7-5-20(24)6-8-21;/h5-8H,3-4,9-19H2,1-2H3,(H2,25,26,27);1H. The monoisotopic (exact) mass is 547 g/mol. The van der Waals surface area contributed by atoms with Gasteiger partial charge in [0.1, 0.15) is 5.82 Å². The van der Waals surface area contributed by atoms with Crippen molar-refractivity contribution in [2.45, 2.75) is 32.1 Å². The van der Waals surface area contributed by atoms with E-state index in [4.69, 9.17) is 4.74 Å². The fraction of sp³-hybridized carbons (Fsp3) is 0.696. The Hall–Kier alpha value is -1.13. The minimum absolute atomic E-state index is 0. The molecule has 1 aromatic rings. The van der Waals surface area contributed by atoms with Crippen molar-refractivity contribution < 1.29 is 9.13 Å². The molecule has 1 aromatic carbocycles. The van der Waals surface area contributed by atoms with Crippen molar-refractivity contribution in [3.63, 3.8) is 0 Å². The largest absolute Gasteiger partial charge is 0.385 e. The summed E-state index contributed by atoms with van der Waals surface area (Å²) >= 11 is 0. The molecule has 2 N–H and O–H groups in total. The molecule has 0 radical (unpaired) electrons. The zero-order valence-electron chi connectivity index (χ0n) is 19.0. The molecule has 1 saturated carbocycles. The van der Waals surface area contributed by atoms with Crippen LogP contribution in [0.2, 0.25) is 0 Å².